The summed E-state index contributed by atoms with van der Waals surface area (Å²) in [5.41, 5.74) is 3.22. The highest BCUT2D eigenvalue weighted by Gasteiger charge is 2.22. The van der Waals surface area contributed by atoms with Crippen molar-refractivity contribution in [1.29, 1.82) is 0 Å². The molecule has 2 amide bonds. The van der Waals surface area contributed by atoms with Gasteiger partial charge < -0.3 is 15.5 Å². The van der Waals surface area contributed by atoms with Gasteiger partial charge in [-0.05, 0) is 49.9 Å². The van der Waals surface area contributed by atoms with Crippen molar-refractivity contribution in [2.45, 2.75) is 44.6 Å². The Kier molecular flexibility index (Phi) is 6.63. The van der Waals surface area contributed by atoms with Crippen molar-refractivity contribution >= 4 is 29.9 Å². The van der Waals surface area contributed by atoms with Crippen LogP contribution in [-0.2, 0) is 22.4 Å². The smallest absolute Gasteiger partial charge is 0.228 e. The molecule has 1 fully saturated rings. The molecule has 132 valence electrons. The van der Waals surface area contributed by atoms with Crippen LogP contribution in [0.2, 0.25) is 0 Å². The fourth-order valence-corrected chi connectivity index (χ4v) is 3.48. The molecular weight excluding hydrogens is 326 g/mol. The SMILES string of the molecule is CNC1CCCN(C(=O)CCCc2ccc3c(c2)CC(=O)N3)C1.Cl. The second-order valence-electron chi connectivity index (χ2n) is 6.54. The van der Waals surface area contributed by atoms with Gasteiger partial charge in [0, 0.05) is 31.2 Å². The van der Waals surface area contributed by atoms with Gasteiger partial charge in [-0.1, -0.05) is 12.1 Å². The lowest BCUT2D eigenvalue weighted by Gasteiger charge is -2.32. The average Bonchev–Trinajstić information content (AvgIpc) is 2.94. The van der Waals surface area contributed by atoms with E-state index in [9.17, 15) is 9.59 Å². The number of carbonyl (C=O) groups excluding carboxylic acids is 2. The van der Waals surface area contributed by atoms with Gasteiger partial charge in [-0.15, -0.1) is 12.4 Å². The molecule has 0 aliphatic carbocycles. The lowest BCUT2D eigenvalue weighted by Crippen LogP contribution is -2.46. The standard InChI is InChI=1S/C18H25N3O2.ClH/c1-19-15-5-3-9-21(12-15)18(23)6-2-4-13-7-8-16-14(10-13)11-17(22)20-16;/h7-8,10,15,19H,2-6,9,11-12H2,1H3,(H,20,22);1H. The number of fused-ring (bicyclic) bond motifs is 1. The van der Waals surface area contributed by atoms with E-state index in [1.54, 1.807) is 0 Å². The number of anilines is 1. The summed E-state index contributed by atoms with van der Waals surface area (Å²) in [6.07, 6.45) is 5.06. The van der Waals surface area contributed by atoms with Gasteiger partial charge >= 0.3 is 0 Å². The number of halogens is 1. The van der Waals surface area contributed by atoms with E-state index in [0.717, 1.165) is 50.0 Å². The molecule has 1 unspecified atom stereocenters. The molecule has 2 heterocycles. The van der Waals surface area contributed by atoms with Crippen LogP contribution < -0.4 is 10.6 Å². The molecule has 6 heteroatoms. The normalized spacial score (nSPS) is 19.5. The summed E-state index contributed by atoms with van der Waals surface area (Å²) in [4.78, 5) is 25.7. The fourth-order valence-electron chi connectivity index (χ4n) is 3.48. The first-order valence-corrected chi connectivity index (χ1v) is 8.52. The zero-order chi connectivity index (χ0) is 16.2. The third-order valence-electron chi connectivity index (χ3n) is 4.83. The van der Waals surface area contributed by atoms with E-state index in [-0.39, 0.29) is 24.2 Å². The Balaban J connectivity index is 0.00000208. The van der Waals surface area contributed by atoms with Crippen molar-refractivity contribution in [2.24, 2.45) is 0 Å². The summed E-state index contributed by atoms with van der Waals surface area (Å²) in [6, 6.07) is 6.55. The van der Waals surface area contributed by atoms with E-state index in [2.05, 4.69) is 16.7 Å². The molecule has 1 atom stereocenters. The molecule has 2 aliphatic heterocycles. The molecule has 1 saturated heterocycles. The highest BCUT2D eigenvalue weighted by atomic mass is 35.5. The molecule has 1 aromatic rings. The molecule has 2 N–H and O–H groups in total. The van der Waals surface area contributed by atoms with Crippen LogP contribution in [0.3, 0.4) is 0 Å². The molecule has 2 aliphatic rings. The van der Waals surface area contributed by atoms with Crippen LogP contribution in [0.25, 0.3) is 0 Å². The van der Waals surface area contributed by atoms with Gasteiger partial charge in [0.05, 0.1) is 6.42 Å². The summed E-state index contributed by atoms with van der Waals surface area (Å²) in [5, 5.41) is 6.12. The first-order chi connectivity index (χ1) is 11.2. The molecule has 0 aromatic heterocycles. The van der Waals surface area contributed by atoms with Gasteiger partial charge in [0.15, 0.2) is 0 Å². The van der Waals surface area contributed by atoms with Crippen LogP contribution in [-0.4, -0.2) is 42.9 Å². The molecule has 0 radical (unpaired) electrons. The lowest BCUT2D eigenvalue weighted by atomic mass is 10.0. The molecule has 0 bridgehead atoms. The van der Waals surface area contributed by atoms with E-state index in [0.29, 0.717) is 18.9 Å². The Hall–Kier alpha value is -1.59. The number of likely N-dealkylation sites (N-methyl/N-ethyl adjacent to an activating group) is 1. The topological polar surface area (TPSA) is 61.4 Å². The summed E-state index contributed by atoms with van der Waals surface area (Å²) in [6.45, 7) is 1.73. The number of hydrogen-bond acceptors (Lipinski definition) is 3. The van der Waals surface area contributed by atoms with Crippen molar-refractivity contribution in [3.8, 4) is 0 Å². The number of likely N-dealkylation sites (tertiary alicyclic amines) is 1. The minimum atomic E-state index is 0. The number of aryl methyl sites for hydroxylation is 1. The summed E-state index contributed by atoms with van der Waals surface area (Å²) < 4.78 is 0. The van der Waals surface area contributed by atoms with Crippen molar-refractivity contribution in [2.75, 3.05) is 25.5 Å². The van der Waals surface area contributed by atoms with E-state index >= 15 is 0 Å². The molecule has 3 rings (SSSR count). The Labute approximate surface area is 149 Å². The zero-order valence-electron chi connectivity index (χ0n) is 14.1. The third-order valence-corrected chi connectivity index (χ3v) is 4.83. The number of hydrogen-bond donors (Lipinski definition) is 2. The molecular formula is C18H26ClN3O2. The Morgan fingerprint density at radius 2 is 2.25 bits per heavy atom. The van der Waals surface area contributed by atoms with Crippen LogP contribution in [0.15, 0.2) is 18.2 Å². The van der Waals surface area contributed by atoms with Crippen molar-refractivity contribution in [3.63, 3.8) is 0 Å². The summed E-state index contributed by atoms with van der Waals surface area (Å²) >= 11 is 0. The second kappa shape index (κ2) is 8.49. The maximum absolute atomic E-state index is 12.3. The Morgan fingerprint density at radius 3 is 3.04 bits per heavy atom. The van der Waals surface area contributed by atoms with Gasteiger partial charge in [-0.25, -0.2) is 0 Å². The van der Waals surface area contributed by atoms with Crippen molar-refractivity contribution < 1.29 is 9.59 Å². The quantitative estimate of drug-likeness (QED) is 0.854. The monoisotopic (exact) mass is 351 g/mol. The van der Waals surface area contributed by atoms with E-state index in [1.165, 1.54) is 5.56 Å². The van der Waals surface area contributed by atoms with Gasteiger partial charge in [0.25, 0.3) is 0 Å². The fraction of sp³-hybridized carbons (Fsp3) is 0.556. The number of benzene rings is 1. The molecule has 5 nitrogen and oxygen atoms in total. The minimum absolute atomic E-state index is 0. The van der Waals surface area contributed by atoms with Crippen LogP contribution in [0.4, 0.5) is 5.69 Å². The number of nitrogens with zero attached hydrogens (tertiary/aromatic N) is 1. The number of piperidine rings is 1. The van der Waals surface area contributed by atoms with Crippen molar-refractivity contribution in [3.05, 3.63) is 29.3 Å². The maximum atomic E-state index is 12.3. The predicted molar refractivity (Wildman–Crippen MR) is 97.6 cm³/mol. The van der Waals surface area contributed by atoms with Crippen LogP contribution in [0.1, 0.15) is 36.8 Å². The number of rotatable bonds is 5. The molecule has 0 spiro atoms. The molecule has 1 aromatic carbocycles. The Morgan fingerprint density at radius 1 is 1.42 bits per heavy atom. The maximum Gasteiger partial charge on any atom is 0.228 e. The summed E-state index contributed by atoms with van der Waals surface area (Å²) in [5.74, 6) is 0.333. The third kappa shape index (κ3) is 4.48. The number of carbonyl (C=O) groups is 2. The average molecular weight is 352 g/mol. The molecule has 0 saturated carbocycles. The van der Waals surface area contributed by atoms with Crippen molar-refractivity contribution in [1.82, 2.24) is 10.2 Å². The predicted octanol–water partition coefficient (Wildman–Crippen LogP) is 2.14. The van der Waals surface area contributed by atoms with Gasteiger partial charge in [-0.2, -0.15) is 0 Å². The Bertz CT molecular complexity index is 606. The first kappa shape index (κ1) is 18.7. The van der Waals surface area contributed by atoms with E-state index in [4.69, 9.17) is 0 Å². The van der Waals surface area contributed by atoms with Crippen LogP contribution in [0, 0.1) is 0 Å². The molecule has 24 heavy (non-hydrogen) atoms. The van der Waals surface area contributed by atoms with Crippen LogP contribution >= 0.6 is 12.4 Å². The lowest BCUT2D eigenvalue weighted by molar-refractivity contribution is -0.132. The first-order valence-electron chi connectivity index (χ1n) is 8.52. The summed E-state index contributed by atoms with van der Waals surface area (Å²) in [7, 11) is 1.96. The van der Waals surface area contributed by atoms with E-state index in [1.807, 2.05) is 24.1 Å². The number of nitrogens with one attached hydrogen (secondary N) is 2. The second-order valence-corrected chi connectivity index (χ2v) is 6.54. The highest BCUT2D eigenvalue weighted by Crippen LogP contribution is 2.24. The largest absolute Gasteiger partial charge is 0.341 e. The minimum Gasteiger partial charge on any atom is -0.341 e. The highest BCUT2D eigenvalue weighted by molar-refractivity contribution is 5.99. The van der Waals surface area contributed by atoms with E-state index < -0.39 is 0 Å². The van der Waals surface area contributed by atoms with Gasteiger partial charge in [0.1, 0.15) is 0 Å². The van der Waals surface area contributed by atoms with Gasteiger partial charge in [-0.3, -0.25) is 9.59 Å². The van der Waals surface area contributed by atoms with Crippen LogP contribution in [0.5, 0.6) is 0 Å². The zero-order valence-corrected chi connectivity index (χ0v) is 15.0. The number of amides is 2. The van der Waals surface area contributed by atoms with Gasteiger partial charge in [0.2, 0.25) is 11.8 Å².